The number of halogens is 1. The first-order valence-electron chi connectivity index (χ1n) is 4.78. The van der Waals surface area contributed by atoms with Gasteiger partial charge in [0.05, 0.1) is 12.0 Å². The maximum Gasteiger partial charge on any atom is 0.291 e. The van der Waals surface area contributed by atoms with Crippen LogP contribution in [0.3, 0.4) is 0 Å². The summed E-state index contributed by atoms with van der Waals surface area (Å²) in [4.78, 5) is 11.6. The lowest BCUT2D eigenvalue weighted by molar-refractivity contribution is 0.0996. The number of carbonyl (C=O) groups excluding carboxylic acids is 1. The fourth-order valence-corrected chi connectivity index (χ4v) is 1.30. The molecule has 1 heterocycles. The van der Waals surface area contributed by atoms with E-state index in [4.69, 9.17) is 4.42 Å². The Balaban J connectivity index is 2.17. The summed E-state index contributed by atoms with van der Waals surface area (Å²) < 4.78 is 18.2. The van der Waals surface area contributed by atoms with E-state index in [1.807, 2.05) is 6.92 Å². The van der Waals surface area contributed by atoms with E-state index >= 15 is 0 Å². The summed E-state index contributed by atoms with van der Waals surface area (Å²) in [5, 5.41) is 2.43. The van der Waals surface area contributed by atoms with Crippen molar-refractivity contribution in [1.29, 1.82) is 0 Å². The molecule has 16 heavy (non-hydrogen) atoms. The monoisotopic (exact) mass is 219 g/mol. The second kappa shape index (κ2) is 4.18. The third-order valence-corrected chi connectivity index (χ3v) is 2.08. The highest BCUT2D eigenvalue weighted by molar-refractivity contribution is 6.02. The molecule has 0 aliphatic rings. The first-order valence-corrected chi connectivity index (χ1v) is 4.78. The molecule has 3 nitrogen and oxygen atoms in total. The molecule has 0 unspecified atom stereocenters. The van der Waals surface area contributed by atoms with Crippen LogP contribution >= 0.6 is 0 Å². The number of para-hydroxylation sites is 1. The molecule has 82 valence electrons. The van der Waals surface area contributed by atoms with Crippen molar-refractivity contribution in [3.63, 3.8) is 0 Å². The van der Waals surface area contributed by atoms with Crippen LogP contribution in [0.15, 0.2) is 41.0 Å². The van der Waals surface area contributed by atoms with Crippen molar-refractivity contribution in [1.82, 2.24) is 0 Å². The van der Waals surface area contributed by atoms with Crippen molar-refractivity contribution >= 4 is 11.6 Å². The summed E-state index contributed by atoms with van der Waals surface area (Å²) in [6.07, 6.45) is 1.47. The van der Waals surface area contributed by atoms with Crippen LogP contribution in [0, 0.1) is 12.7 Å². The quantitative estimate of drug-likeness (QED) is 0.843. The fraction of sp³-hybridized carbons (Fsp3) is 0.0833. The Kier molecular flexibility index (Phi) is 2.72. The number of furan rings is 1. The molecule has 0 radical (unpaired) electrons. The van der Waals surface area contributed by atoms with Crippen LogP contribution in [0.25, 0.3) is 0 Å². The highest BCUT2D eigenvalue weighted by Gasteiger charge is 2.11. The summed E-state index contributed by atoms with van der Waals surface area (Å²) in [5.41, 5.74) is 0.986. The van der Waals surface area contributed by atoms with Crippen LogP contribution in [0.2, 0.25) is 0 Å². The Morgan fingerprint density at radius 2 is 2.12 bits per heavy atom. The van der Waals surface area contributed by atoms with E-state index < -0.39 is 11.7 Å². The molecule has 2 rings (SSSR count). The molecule has 4 heteroatoms. The van der Waals surface area contributed by atoms with Gasteiger partial charge in [-0.15, -0.1) is 0 Å². The van der Waals surface area contributed by atoms with Gasteiger partial charge in [-0.2, -0.15) is 0 Å². The van der Waals surface area contributed by atoms with Crippen molar-refractivity contribution in [2.24, 2.45) is 0 Å². The number of amides is 1. The zero-order chi connectivity index (χ0) is 11.5. The van der Waals surface area contributed by atoms with Gasteiger partial charge in [0.1, 0.15) is 5.82 Å². The number of rotatable bonds is 2. The third-order valence-electron chi connectivity index (χ3n) is 2.08. The molecule has 0 fully saturated rings. The maximum absolute atomic E-state index is 13.2. The van der Waals surface area contributed by atoms with E-state index in [2.05, 4.69) is 5.32 Å². The highest BCUT2D eigenvalue weighted by Crippen LogP contribution is 2.14. The van der Waals surface area contributed by atoms with Gasteiger partial charge in [0, 0.05) is 0 Å². The molecule has 0 saturated heterocycles. The predicted molar refractivity (Wildman–Crippen MR) is 57.8 cm³/mol. The molecule has 0 aliphatic carbocycles. The van der Waals surface area contributed by atoms with Gasteiger partial charge in [0.2, 0.25) is 0 Å². The van der Waals surface area contributed by atoms with E-state index in [1.54, 1.807) is 18.2 Å². The number of hydrogen-bond donors (Lipinski definition) is 1. The molecule has 1 amide bonds. The van der Waals surface area contributed by atoms with E-state index in [-0.39, 0.29) is 11.4 Å². The van der Waals surface area contributed by atoms with Crippen LogP contribution in [-0.2, 0) is 0 Å². The molecular weight excluding hydrogens is 209 g/mol. The minimum absolute atomic E-state index is 0.140. The van der Waals surface area contributed by atoms with Gasteiger partial charge in [-0.05, 0) is 30.7 Å². The Labute approximate surface area is 91.9 Å². The average molecular weight is 219 g/mol. The van der Waals surface area contributed by atoms with Crippen LogP contribution in [0.5, 0.6) is 0 Å². The molecule has 0 saturated carbocycles. The van der Waals surface area contributed by atoms with E-state index in [9.17, 15) is 9.18 Å². The van der Waals surface area contributed by atoms with Gasteiger partial charge in [-0.25, -0.2) is 4.39 Å². The van der Waals surface area contributed by atoms with Crippen LogP contribution in [0.4, 0.5) is 10.1 Å². The first-order chi connectivity index (χ1) is 7.66. The minimum Gasteiger partial charge on any atom is -0.459 e. The largest absolute Gasteiger partial charge is 0.459 e. The Morgan fingerprint density at radius 1 is 1.38 bits per heavy atom. The van der Waals surface area contributed by atoms with Gasteiger partial charge < -0.3 is 9.73 Å². The SMILES string of the molecule is Cc1coc(C(=O)Nc2ccccc2F)c1. The van der Waals surface area contributed by atoms with Gasteiger partial charge in [-0.3, -0.25) is 4.79 Å². The third kappa shape index (κ3) is 2.11. The van der Waals surface area contributed by atoms with Crippen molar-refractivity contribution in [3.8, 4) is 0 Å². The smallest absolute Gasteiger partial charge is 0.291 e. The van der Waals surface area contributed by atoms with Crippen molar-refractivity contribution < 1.29 is 13.6 Å². The zero-order valence-corrected chi connectivity index (χ0v) is 8.66. The normalized spacial score (nSPS) is 10.1. The Bertz CT molecular complexity index is 519. The van der Waals surface area contributed by atoms with E-state index in [0.29, 0.717) is 0 Å². The average Bonchev–Trinajstić information content (AvgIpc) is 2.68. The van der Waals surface area contributed by atoms with Crippen LogP contribution in [0.1, 0.15) is 16.1 Å². The van der Waals surface area contributed by atoms with Gasteiger partial charge in [-0.1, -0.05) is 12.1 Å². The molecule has 0 bridgehead atoms. The van der Waals surface area contributed by atoms with Crippen molar-refractivity contribution in [3.05, 3.63) is 53.7 Å². The summed E-state index contributed by atoms with van der Waals surface area (Å²) in [6.45, 7) is 1.81. The molecule has 0 atom stereocenters. The standard InChI is InChI=1S/C12H10FNO2/c1-8-6-11(16-7-8)12(15)14-10-5-3-2-4-9(10)13/h2-7H,1H3,(H,14,15). The lowest BCUT2D eigenvalue weighted by atomic mass is 10.3. The molecule has 0 aliphatic heterocycles. The number of anilines is 1. The Morgan fingerprint density at radius 3 is 2.75 bits per heavy atom. The molecule has 1 N–H and O–H groups in total. The number of nitrogens with one attached hydrogen (secondary N) is 1. The summed E-state index contributed by atoms with van der Waals surface area (Å²) in [7, 11) is 0. The van der Waals surface area contributed by atoms with Gasteiger partial charge >= 0.3 is 0 Å². The molecule has 2 aromatic rings. The summed E-state index contributed by atoms with van der Waals surface area (Å²) in [5.74, 6) is -0.766. The van der Waals surface area contributed by atoms with Crippen molar-refractivity contribution in [2.75, 3.05) is 5.32 Å². The maximum atomic E-state index is 13.2. The number of carbonyl (C=O) groups is 1. The van der Waals surface area contributed by atoms with Gasteiger partial charge in [0.25, 0.3) is 5.91 Å². The van der Waals surface area contributed by atoms with Crippen molar-refractivity contribution in [2.45, 2.75) is 6.92 Å². The number of benzene rings is 1. The van der Waals surface area contributed by atoms with E-state index in [0.717, 1.165) is 5.56 Å². The minimum atomic E-state index is -0.473. The first kappa shape index (κ1) is 10.4. The molecule has 1 aromatic heterocycles. The predicted octanol–water partition coefficient (Wildman–Crippen LogP) is 2.98. The summed E-state index contributed by atoms with van der Waals surface area (Å²) in [6, 6.07) is 7.57. The van der Waals surface area contributed by atoms with Crippen LogP contribution < -0.4 is 5.32 Å². The zero-order valence-electron chi connectivity index (χ0n) is 8.66. The van der Waals surface area contributed by atoms with E-state index in [1.165, 1.54) is 18.4 Å². The second-order valence-corrected chi connectivity index (χ2v) is 3.42. The number of aryl methyl sites for hydroxylation is 1. The fourth-order valence-electron chi connectivity index (χ4n) is 1.30. The molecule has 0 spiro atoms. The topological polar surface area (TPSA) is 42.2 Å². The molecular formula is C12H10FNO2. The molecule has 1 aromatic carbocycles. The Hall–Kier alpha value is -2.10. The van der Waals surface area contributed by atoms with Crippen LogP contribution in [-0.4, -0.2) is 5.91 Å². The lowest BCUT2D eigenvalue weighted by Gasteiger charge is -2.03. The summed E-state index contributed by atoms with van der Waals surface area (Å²) >= 11 is 0. The second-order valence-electron chi connectivity index (χ2n) is 3.42. The highest BCUT2D eigenvalue weighted by atomic mass is 19.1. The number of hydrogen-bond acceptors (Lipinski definition) is 2. The lowest BCUT2D eigenvalue weighted by Crippen LogP contribution is -2.11. The van der Waals surface area contributed by atoms with Gasteiger partial charge in [0.15, 0.2) is 5.76 Å².